The SMILES string of the molecule is CCOc1ccc(N2C(=O)[C@@H]3[C@H]4c5ccccc5[C@@H](c5ccc([C@H](C)CC)cc54)[C@@H]3C2=O)cc1. The Morgan fingerprint density at radius 1 is 0.794 bits per heavy atom. The van der Waals surface area contributed by atoms with Crippen LogP contribution in [-0.2, 0) is 9.59 Å². The van der Waals surface area contributed by atoms with Crippen molar-refractivity contribution in [1.82, 2.24) is 0 Å². The molecule has 0 saturated carbocycles. The molecule has 2 bridgehead atoms. The van der Waals surface area contributed by atoms with Gasteiger partial charge in [0, 0.05) is 11.8 Å². The van der Waals surface area contributed by atoms with Gasteiger partial charge in [-0.15, -0.1) is 0 Å². The van der Waals surface area contributed by atoms with Gasteiger partial charge < -0.3 is 4.74 Å². The summed E-state index contributed by atoms with van der Waals surface area (Å²) in [5.41, 5.74) is 6.79. The molecular weight excluding hydrogens is 422 g/mol. The highest BCUT2D eigenvalue weighted by molar-refractivity contribution is 6.23. The summed E-state index contributed by atoms with van der Waals surface area (Å²) in [6.07, 6.45) is 1.07. The number of hydrogen-bond donors (Lipinski definition) is 0. The fourth-order valence-corrected chi connectivity index (χ4v) is 6.40. The van der Waals surface area contributed by atoms with Crippen molar-refractivity contribution in [3.8, 4) is 5.75 Å². The summed E-state index contributed by atoms with van der Waals surface area (Å²) < 4.78 is 5.55. The van der Waals surface area contributed by atoms with E-state index in [1.807, 2.05) is 37.3 Å². The van der Waals surface area contributed by atoms with Gasteiger partial charge in [-0.3, -0.25) is 9.59 Å². The Hall–Kier alpha value is -3.40. The molecule has 4 aliphatic rings. The molecular formula is C30H29NO3. The van der Waals surface area contributed by atoms with Crippen LogP contribution in [0.2, 0.25) is 0 Å². The van der Waals surface area contributed by atoms with E-state index in [4.69, 9.17) is 4.74 Å². The van der Waals surface area contributed by atoms with E-state index >= 15 is 0 Å². The average molecular weight is 452 g/mol. The minimum atomic E-state index is -0.362. The van der Waals surface area contributed by atoms with Crippen LogP contribution < -0.4 is 9.64 Å². The van der Waals surface area contributed by atoms with Crippen LogP contribution in [0, 0.1) is 11.8 Å². The second kappa shape index (κ2) is 7.83. The fourth-order valence-electron chi connectivity index (χ4n) is 6.40. The quantitative estimate of drug-likeness (QED) is 0.447. The molecule has 4 heteroatoms. The van der Waals surface area contributed by atoms with E-state index in [0.717, 1.165) is 12.2 Å². The minimum Gasteiger partial charge on any atom is -0.494 e. The molecule has 1 heterocycles. The molecule has 3 aromatic carbocycles. The largest absolute Gasteiger partial charge is 0.494 e. The molecule has 5 atom stereocenters. The van der Waals surface area contributed by atoms with Crippen molar-refractivity contribution in [3.05, 3.63) is 94.5 Å². The molecule has 7 rings (SSSR count). The number of anilines is 1. The summed E-state index contributed by atoms with van der Waals surface area (Å²) in [5.74, 6) is 0.132. The number of hydrogen-bond acceptors (Lipinski definition) is 3. The lowest BCUT2D eigenvalue weighted by Crippen LogP contribution is -2.41. The molecule has 0 radical (unpaired) electrons. The zero-order chi connectivity index (χ0) is 23.6. The maximum Gasteiger partial charge on any atom is 0.238 e. The van der Waals surface area contributed by atoms with Crippen molar-refractivity contribution in [1.29, 1.82) is 0 Å². The van der Waals surface area contributed by atoms with Crippen molar-refractivity contribution in [3.63, 3.8) is 0 Å². The van der Waals surface area contributed by atoms with E-state index in [1.54, 1.807) is 0 Å². The van der Waals surface area contributed by atoms with Crippen molar-refractivity contribution in [2.24, 2.45) is 11.8 Å². The Bertz CT molecular complexity index is 1290. The van der Waals surface area contributed by atoms with Gasteiger partial charge >= 0.3 is 0 Å². The highest BCUT2D eigenvalue weighted by Gasteiger charge is 2.61. The smallest absolute Gasteiger partial charge is 0.238 e. The number of carbonyl (C=O) groups excluding carboxylic acids is 2. The van der Waals surface area contributed by atoms with Crippen LogP contribution in [0.15, 0.2) is 66.7 Å². The normalized spacial score (nSPS) is 25.1. The summed E-state index contributed by atoms with van der Waals surface area (Å²) in [6, 6.07) is 22.5. The van der Waals surface area contributed by atoms with Crippen molar-refractivity contribution < 1.29 is 14.3 Å². The van der Waals surface area contributed by atoms with E-state index in [9.17, 15) is 9.59 Å². The Kier molecular flexibility index (Phi) is 4.87. The summed E-state index contributed by atoms with van der Waals surface area (Å²) in [4.78, 5) is 29.2. The second-order valence-corrected chi connectivity index (χ2v) is 9.77. The number of amides is 2. The Labute approximate surface area is 200 Å². The first-order valence-corrected chi connectivity index (χ1v) is 12.4. The van der Waals surface area contributed by atoms with Gasteiger partial charge in [0.1, 0.15) is 5.75 Å². The van der Waals surface area contributed by atoms with Gasteiger partial charge in [0.25, 0.3) is 0 Å². The molecule has 4 nitrogen and oxygen atoms in total. The molecule has 0 N–H and O–H groups in total. The van der Waals surface area contributed by atoms with Crippen molar-refractivity contribution in [2.75, 3.05) is 11.5 Å². The Balaban J connectivity index is 1.48. The molecule has 3 aromatic rings. The third kappa shape index (κ3) is 2.84. The van der Waals surface area contributed by atoms with E-state index in [2.05, 4.69) is 50.2 Å². The molecule has 172 valence electrons. The third-order valence-electron chi connectivity index (χ3n) is 8.15. The first-order valence-electron chi connectivity index (χ1n) is 12.4. The summed E-state index contributed by atoms with van der Waals surface area (Å²) in [5, 5.41) is 0. The molecule has 0 aromatic heterocycles. The van der Waals surface area contributed by atoms with Crippen LogP contribution in [0.4, 0.5) is 5.69 Å². The molecule has 2 amide bonds. The van der Waals surface area contributed by atoms with Gasteiger partial charge in [-0.25, -0.2) is 4.90 Å². The lowest BCUT2D eigenvalue weighted by atomic mass is 9.54. The zero-order valence-corrected chi connectivity index (χ0v) is 19.8. The monoisotopic (exact) mass is 451 g/mol. The van der Waals surface area contributed by atoms with Gasteiger partial charge in [0.2, 0.25) is 11.8 Å². The Morgan fingerprint density at radius 2 is 1.38 bits per heavy atom. The van der Waals surface area contributed by atoms with Crippen LogP contribution in [0.25, 0.3) is 0 Å². The Morgan fingerprint density at radius 3 is 1.97 bits per heavy atom. The number of benzene rings is 3. The summed E-state index contributed by atoms with van der Waals surface area (Å²) >= 11 is 0. The van der Waals surface area contributed by atoms with E-state index in [-0.39, 0.29) is 35.5 Å². The van der Waals surface area contributed by atoms with Crippen molar-refractivity contribution in [2.45, 2.75) is 44.9 Å². The number of imide groups is 1. The topological polar surface area (TPSA) is 46.6 Å². The van der Waals surface area contributed by atoms with Crippen LogP contribution >= 0.6 is 0 Å². The van der Waals surface area contributed by atoms with Crippen LogP contribution in [0.3, 0.4) is 0 Å². The van der Waals surface area contributed by atoms with Crippen LogP contribution in [0.5, 0.6) is 5.75 Å². The molecule has 1 saturated heterocycles. The number of carbonyl (C=O) groups is 2. The van der Waals surface area contributed by atoms with Crippen LogP contribution in [0.1, 0.15) is 72.8 Å². The van der Waals surface area contributed by atoms with E-state index in [1.165, 1.54) is 32.7 Å². The molecule has 0 unspecified atom stereocenters. The van der Waals surface area contributed by atoms with E-state index < -0.39 is 0 Å². The van der Waals surface area contributed by atoms with Crippen LogP contribution in [-0.4, -0.2) is 18.4 Å². The van der Waals surface area contributed by atoms with Gasteiger partial charge in [-0.2, -0.15) is 0 Å². The first-order chi connectivity index (χ1) is 16.5. The zero-order valence-electron chi connectivity index (χ0n) is 19.8. The maximum absolute atomic E-state index is 13.9. The highest BCUT2D eigenvalue weighted by atomic mass is 16.5. The van der Waals surface area contributed by atoms with Gasteiger partial charge in [-0.1, -0.05) is 56.3 Å². The molecule has 1 aliphatic heterocycles. The summed E-state index contributed by atoms with van der Waals surface area (Å²) in [7, 11) is 0. The van der Waals surface area contributed by atoms with Crippen molar-refractivity contribution >= 4 is 17.5 Å². The number of nitrogens with zero attached hydrogens (tertiary/aromatic N) is 1. The van der Waals surface area contributed by atoms with Gasteiger partial charge in [-0.05, 0) is 71.3 Å². The molecule has 1 fully saturated rings. The molecule has 0 spiro atoms. The maximum atomic E-state index is 13.9. The van der Waals surface area contributed by atoms with E-state index in [0.29, 0.717) is 18.2 Å². The predicted molar refractivity (Wildman–Crippen MR) is 132 cm³/mol. The average Bonchev–Trinajstić information content (AvgIpc) is 3.14. The van der Waals surface area contributed by atoms with Gasteiger partial charge in [0.05, 0.1) is 24.1 Å². The number of rotatable bonds is 5. The number of ether oxygens (including phenoxy) is 1. The molecule has 3 aliphatic carbocycles. The first kappa shape index (κ1) is 21.2. The third-order valence-corrected chi connectivity index (χ3v) is 8.15. The second-order valence-electron chi connectivity index (χ2n) is 9.77. The van der Waals surface area contributed by atoms with Gasteiger partial charge in [0.15, 0.2) is 0 Å². The lowest BCUT2D eigenvalue weighted by molar-refractivity contribution is -0.122. The predicted octanol–water partition coefficient (Wildman–Crippen LogP) is 6.00. The molecule has 34 heavy (non-hydrogen) atoms. The lowest BCUT2D eigenvalue weighted by Gasteiger charge is -2.46. The standard InChI is InChI=1S/C30H29NO3/c1-4-17(3)18-10-15-23-24(16-18)26-22-9-7-6-8-21(22)25(23)27-28(26)30(33)31(29(27)32)19-11-13-20(14-12-19)34-5-2/h6-17,25-28H,4-5H2,1-3H3/t17-,25+,26+,27+,28-/m1/s1. The fraction of sp³-hybridized carbons (Fsp3) is 0.333. The summed E-state index contributed by atoms with van der Waals surface area (Å²) in [6.45, 7) is 6.96. The highest BCUT2D eigenvalue weighted by Crippen LogP contribution is 2.61. The minimum absolute atomic E-state index is 0.0803.